The van der Waals surface area contributed by atoms with Crippen molar-refractivity contribution in [2.45, 2.75) is 38.3 Å². The fourth-order valence-electron chi connectivity index (χ4n) is 3.11. The Balaban J connectivity index is 2.09. The molecular formula is C17H29N3. The lowest BCUT2D eigenvalue weighted by Gasteiger charge is -2.32. The van der Waals surface area contributed by atoms with Crippen LogP contribution in [0.1, 0.15) is 36.9 Å². The SMILES string of the molecule is CCCc1ccc(C(N)C2CN(C)CCCN2C)cc1. The Bertz CT molecular complexity index is 401. The summed E-state index contributed by atoms with van der Waals surface area (Å²) in [7, 11) is 4.40. The van der Waals surface area contributed by atoms with Gasteiger partial charge in [-0.25, -0.2) is 0 Å². The highest BCUT2D eigenvalue weighted by Crippen LogP contribution is 2.21. The molecule has 0 amide bonds. The first kappa shape index (κ1) is 15.5. The molecule has 0 spiro atoms. The molecule has 1 fully saturated rings. The van der Waals surface area contributed by atoms with E-state index in [0.29, 0.717) is 6.04 Å². The molecule has 20 heavy (non-hydrogen) atoms. The lowest BCUT2D eigenvalue weighted by atomic mass is 9.97. The Labute approximate surface area is 123 Å². The number of likely N-dealkylation sites (N-methyl/N-ethyl adjacent to an activating group) is 2. The molecule has 1 aromatic carbocycles. The van der Waals surface area contributed by atoms with Crippen LogP contribution >= 0.6 is 0 Å². The van der Waals surface area contributed by atoms with Crippen LogP contribution in [0, 0.1) is 0 Å². The molecule has 3 heteroatoms. The van der Waals surface area contributed by atoms with E-state index >= 15 is 0 Å². The van der Waals surface area contributed by atoms with Crippen molar-refractivity contribution in [3.8, 4) is 0 Å². The van der Waals surface area contributed by atoms with Crippen molar-refractivity contribution in [3.05, 3.63) is 35.4 Å². The van der Waals surface area contributed by atoms with E-state index in [1.165, 1.54) is 30.5 Å². The zero-order chi connectivity index (χ0) is 14.5. The van der Waals surface area contributed by atoms with Gasteiger partial charge < -0.3 is 15.5 Å². The molecule has 1 aliphatic rings. The van der Waals surface area contributed by atoms with Crippen LogP contribution in [0.25, 0.3) is 0 Å². The number of benzene rings is 1. The third-order valence-electron chi connectivity index (χ3n) is 4.43. The van der Waals surface area contributed by atoms with Crippen molar-refractivity contribution in [2.75, 3.05) is 33.7 Å². The summed E-state index contributed by atoms with van der Waals surface area (Å²) in [4.78, 5) is 4.83. The largest absolute Gasteiger partial charge is 0.323 e. The van der Waals surface area contributed by atoms with E-state index in [9.17, 15) is 0 Å². The van der Waals surface area contributed by atoms with Gasteiger partial charge in [-0.3, -0.25) is 0 Å². The van der Waals surface area contributed by atoms with Crippen LogP contribution in [0.3, 0.4) is 0 Å². The maximum absolute atomic E-state index is 6.55. The predicted octanol–water partition coefficient (Wildman–Crippen LogP) is 2.27. The number of nitrogens with two attached hydrogens (primary N) is 1. The van der Waals surface area contributed by atoms with Crippen LogP contribution in [-0.4, -0.2) is 49.6 Å². The van der Waals surface area contributed by atoms with E-state index in [1.807, 2.05) is 0 Å². The predicted molar refractivity (Wildman–Crippen MR) is 85.9 cm³/mol. The lowest BCUT2D eigenvalue weighted by molar-refractivity contribution is 0.196. The molecule has 0 aliphatic carbocycles. The van der Waals surface area contributed by atoms with E-state index in [-0.39, 0.29) is 6.04 Å². The number of aryl methyl sites for hydroxylation is 1. The Morgan fingerprint density at radius 2 is 1.90 bits per heavy atom. The zero-order valence-corrected chi connectivity index (χ0v) is 13.2. The number of hydrogen-bond acceptors (Lipinski definition) is 3. The first-order valence-corrected chi connectivity index (χ1v) is 7.85. The number of hydrogen-bond donors (Lipinski definition) is 1. The Hall–Kier alpha value is -0.900. The second kappa shape index (κ2) is 7.21. The average molecular weight is 275 g/mol. The maximum atomic E-state index is 6.55. The van der Waals surface area contributed by atoms with Gasteiger partial charge in [0, 0.05) is 18.6 Å². The highest BCUT2D eigenvalue weighted by atomic mass is 15.2. The van der Waals surface area contributed by atoms with Gasteiger partial charge in [0.25, 0.3) is 0 Å². The van der Waals surface area contributed by atoms with E-state index in [0.717, 1.165) is 19.5 Å². The molecule has 1 aromatic rings. The first-order valence-electron chi connectivity index (χ1n) is 7.85. The summed E-state index contributed by atoms with van der Waals surface area (Å²) in [6.07, 6.45) is 3.58. The molecule has 1 heterocycles. The third-order valence-corrected chi connectivity index (χ3v) is 4.43. The summed E-state index contributed by atoms with van der Waals surface area (Å²) in [5.74, 6) is 0. The van der Waals surface area contributed by atoms with Crippen LogP contribution in [-0.2, 0) is 6.42 Å². The van der Waals surface area contributed by atoms with Crippen molar-refractivity contribution in [3.63, 3.8) is 0 Å². The highest BCUT2D eigenvalue weighted by molar-refractivity contribution is 5.26. The van der Waals surface area contributed by atoms with Crippen molar-refractivity contribution >= 4 is 0 Å². The Kier molecular flexibility index (Phi) is 5.58. The monoisotopic (exact) mass is 275 g/mol. The van der Waals surface area contributed by atoms with Gasteiger partial charge in [-0.2, -0.15) is 0 Å². The van der Waals surface area contributed by atoms with Crippen LogP contribution in [0.4, 0.5) is 0 Å². The molecule has 0 bridgehead atoms. The van der Waals surface area contributed by atoms with Crippen LogP contribution in [0.5, 0.6) is 0 Å². The van der Waals surface area contributed by atoms with Gasteiger partial charge in [-0.15, -0.1) is 0 Å². The fourth-order valence-corrected chi connectivity index (χ4v) is 3.11. The minimum atomic E-state index is 0.0937. The summed E-state index contributed by atoms with van der Waals surface area (Å²) >= 11 is 0. The summed E-state index contributed by atoms with van der Waals surface area (Å²) in [5, 5.41) is 0. The molecule has 1 saturated heterocycles. The van der Waals surface area contributed by atoms with E-state index in [1.54, 1.807) is 0 Å². The van der Waals surface area contributed by atoms with Gasteiger partial charge in [0.1, 0.15) is 0 Å². The number of rotatable bonds is 4. The second-order valence-electron chi connectivity index (χ2n) is 6.18. The van der Waals surface area contributed by atoms with Crippen molar-refractivity contribution < 1.29 is 0 Å². The highest BCUT2D eigenvalue weighted by Gasteiger charge is 2.26. The van der Waals surface area contributed by atoms with E-state index in [4.69, 9.17) is 5.73 Å². The average Bonchev–Trinajstić information content (AvgIpc) is 2.61. The quantitative estimate of drug-likeness (QED) is 0.915. The first-order chi connectivity index (χ1) is 9.61. The summed E-state index contributed by atoms with van der Waals surface area (Å²) in [6, 6.07) is 9.40. The minimum absolute atomic E-state index is 0.0937. The van der Waals surface area contributed by atoms with Gasteiger partial charge in [0.15, 0.2) is 0 Å². The molecular weight excluding hydrogens is 246 g/mol. The van der Waals surface area contributed by atoms with Gasteiger partial charge >= 0.3 is 0 Å². The van der Waals surface area contributed by atoms with Crippen molar-refractivity contribution in [1.29, 1.82) is 0 Å². The third kappa shape index (κ3) is 3.81. The smallest absolute Gasteiger partial charge is 0.0465 e. The molecule has 2 unspecified atom stereocenters. The van der Waals surface area contributed by atoms with Crippen LogP contribution < -0.4 is 5.73 Å². The summed E-state index contributed by atoms with van der Waals surface area (Å²) < 4.78 is 0. The minimum Gasteiger partial charge on any atom is -0.323 e. The Morgan fingerprint density at radius 3 is 2.55 bits per heavy atom. The fraction of sp³-hybridized carbons (Fsp3) is 0.647. The molecule has 2 rings (SSSR count). The molecule has 0 aromatic heterocycles. The molecule has 1 aliphatic heterocycles. The second-order valence-corrected chi connectivity index (χ2v) is 6.18. The van der Waals surface area contributed by atoms with Crippen LogP contribution in [0.15, 0.2) is 24.3 Å². The lowest BCUT2D eigenvalue weighted by Crippen LogP contribution is -2.45. The molecule has 0 radical (unpaired) electrons. The summed E-state index contributed by atoms with van der Waals surface area (Å²) in [6.45, 7) is 5.57. The van der Waals surface area contributed by atoms with Crippen LogP contribution in [0.2, 0.25) is 0 Å². The molecule has 0 saturated carbocycles. The molecule has 3 nitrogen and oxygen atoms in total. The van der Waals surface area contributed by atoms with Crippen molar-refractivity contribution in [2.24, 2.45) is 5.73 Å². The molecule has 2 atom stereocenters. The van der Waals surface area contributed by atoms with Crippen molar-refractivity contribution in [1.82, 2.24) is 9.80 Å². The van der Waals surface area contributed by atoms with Gasteiger partial charge in [-0.1, -0.05) is 37.6 Å². The molecule has 112 valence electrons. The molecule has 2 N–H and O–H groups in total. The van der Waals surface area contributed by atoms with E-state index < -0.39 is 0 Å². The van der Waals surface area contributed by atoms with Gasteiger partial charge in [0.05, 0.1) is 0 Å². The zero-order valence-electron chi connectivity index (χ0n) is 13.2. The standard InChI is InChI=1S/C17H29N3/c1-4-6-14-7-9-15(10-8-14)17(18)16-13-19(2)11-5-12-20(16)3/h7-10,16-17H,4-6,11-13,18H2,1-3H3. The van der Waals surface area contributed by atoms with Gasteiger partial charge in [0.2, 0.25) is 0 Å². The Morgan fingerprint density at radius 1 is 1.20 bits per heavy atom. The number of nitrogens with zero attached hydrogens (tertiary/aromatic N) is 2. The normalized spacial score (nSPS) is 23.5. The topological polar surface area (TPSA) is 32.5 Å². The summed E-state index contributed by atoms with van der Waals surface area (Å²) in [5.41, 5.74) is 9.22. The van der Waals surface area contributed by atoms with E-state index in [2.05, 4.69) is 55.1 Å². The van der Waals surface area contributed by atoms with Gasteiger partial charge in [-0.05, 0) is 51.2 Å². The maximum Gasteiger partial charge on any atom is 0.0465 e.